The maximum Gasteiger partial charge on any atom is 0.0749 e. The summed E-state index contributed by atoms with van der Waals surface area (Å²) in [5, 5.41) is 11.4. The Bertz CT molecular complexity index is 1330. The van der Waals surface area contributed by atoms with Crippen LogP contribution in [0.2, 0.25) is 0 Å². The van der Waals surface area contributed by atoms with Crippen molar-refractivity contribution in [3.05, 3.63) is 95.8 Å². The molecule has 0 spiro atoms. The minimum absolute atomic E-state index is 0.936. The predicted molar refractivity (Wildman–Crippen MR) is 124 cm³/mol. The van der Waals surface area contributed by atoms with Crippen LogP contribution in [0.25, 0.3) is 27.5 Å². The molecule has 0 aliphatic heterocycles. The minimum atomic E-state index is 0.936. The zero-order chi connectivity index (χ0) is 20.5. The lowest BCUT2D eigenvalue weighted by Crippen LogP contribution is -1.99. The van der Waals surface area contributed by atoms with Crippen molar-refractivity contribution in [3.8, 4) is 5.69 Å². The van der Waals surface area contributed by atoms with Gasteiger partial charge in [-0.25, -0.2) is 9.67 Å². The van der Waals surface area contributed by atoms with E-state index in [4.69, 9.17) is 10.1 Å². The van der Waals surface area contributed by atoms with E-state index in [1.165, 1.54) is 0 Å². The summed E-state index contributed by atoms with van der Waals surface area (Å²) in [4.78, 5) is 4.76. The van der Waals surface area contributed by atoms with Crippen LogP contribution < -0.4 is 5.43 Å². The number of fused-ring (bicyclic) bond motifs is 2. The highest BCUT2D eigenvalue weighted by Crippen LogP contribution is 2.30. The van der Waals surface area contributed by atoms with E-state index in [2.05, 4.69) is 29.6 Å². The van der Waals surface area contributed by atoms with E-state index in [9.17, 15) is 0 Å². The van der Waals surface area contributed by atoms with Crippen molar-refractivity contribution < 1.29 is 0 Å². The third kappa shape index (κ3) is 3.10. The van der Waals surface area contributed by atoms with Crippen LogP contribution in [-0.4, -0.2) is 21.0 Å². The van der Waals surface area contributed by atoms with Crippen LogP contribution in [0.3, 0.4) is 0 Å². The lowest BCUT2D eigenvalue weighted by molar-refractivity contribution is 0.833. The van der Waals surface area contributed by atoms with Gasteiger partial charge in [-0.2, -0.15) is 10.2 Å². The highest BCUT2D eigenvalue weighted by Gasteiger charge is 2.12. The molecule has 2 heterocycles. The second-order valence-electron chi connectivity index (χ2n) is 7.22. The number of hydrogen-bond donors (Lipinski definition) is 1. The minimum Gasteiger partial charge on any atom is -0.277 e. The van der Waals surface area contributed by atoms with Gasteiger partial charge >= 0.3 is 0 Å². The highest BCUT2D eigenvalue weighted by molar-refractivity contribution is 6.07. The number of benzene rings is 3. The summed E-state index contributed by atoms with van der Waals surface area (Å²) in [6.07, 6.45) is 1.85. The third-order valence-electron chi connectivity index (χ3n) is 5.31. The van der Waals surface area contributed by atoms with Crippen LogP contribution >= 0.6 is 0 Å². The lowest BCUT2D eigenvalue weighted by atomic mass is 10.1. The molecule has 0 saturated carbocycles. The normalized spacial score (nSPS) is 11.5. The number of aryl methyl sites for hydroxylation is 1. The van der Waals surface area contributed by atoms with Crippen LogP contribution in [0.1, 0.15) is 17.0 Å². The summed E-state index contributed by atoms with van der Waals surface area (Å²) in [7, 11) is 0. The van der Waals surface area contributed by atoms with Gasteiger partial charge in [-0.15, -0.1) is 0 Å². The molecule has 5 aromatic rings. The number of hydrogen-bond acceptors (Lipinski definition) is 4. The van der Waals surface area contributed by atoms with Gasteiger partial charge in [0, 0.05) is 16.3 Å². The Morgan fingerprint density at radius 2 is 1.40 bits per heavy atom. The molecule has 5 rings (SSSR count). The van der Waals surface area contributed by atoms with Crippen molar-refractivity contribution in [2.24, 2.45) is 5.10 Å². The summed E-state index contributed by atoms with van der Waals surface area (Å²) in [6.45, 7) is 4.07. The maximum atomic E-state index is 4.76. The molecule has 0 saturated heterocycles. The van der Waals surface area contributed by atoms with Crippen molar-refractivity contribution in [1.82, 2.24) is 14.8 Å². The molecule has 0 aliphatic rings. The largest absolute Gasteiger partial charge is 0.277 e. The smallest absolute Gasteiger partial charge is 0.0749 e. The van der Waals surface area contributed by atoms with Crippen molar-refractivity contribution in [2.75, 3.05) is 5.43 Å². The fraction of sp³-hybridized carbons (Fsp3) is 0.0800. The number of rotatable bonds is 4. The number of nitrogens with zero attached hydrogens (tertiary/aromatic N) is 4. The van der Waals surface area contributed by atoms with Gasteiger partial charge in [0.15, 0.2) is 0 Å². The quantitative estimate of drug-likeness (QED) is 0.245. The van der Waals surface area contributed by atoms with E-state index in [1.54, 1.807) is 0 Å². The van der Waals surface area contributed by atoms with Gasteiger partial charge in [0.25, 0.3) is 0 Å². The van der Waals surface area contributed by atoms with E-state index in [0.717, 1.165) is 50.1 Å². The SMILES string of the molecule is Cc1nn(-c2ccccc2)c(C)c1/C=N/Nc1c2ccccc2nc2ccccc12. The van der Waals surface area contributed by atoms with Gasteiger partial charge in [0.2, 0.25) is 0 Å². The Kier molecular flexibility index (Phi) is 4.48. The van der Waals surface area contributed by atoms with E-state index in [-0.39, 0.29) is 0 Å². The Balaban J connectivity index is 1.54. The monoisotopic (exact) mass is 391 g/mol. The zero-order valence-electron chi connectivity index (χ0n) is 16.9. The molecule has 0 bridgehead atoms. The van der Waals surface area contributed by atoms with E-state index >= 15 is 0 Å². The summed E-state index contributed by atoms with van der Waals surface area (Å²) < 4.78 is 1.95. The summed E-state index contributed by atoms with van der Waals surface area (Å²) in [5.41, 5.74) is 10.2. The first-order valence-corrected chi connectivity index (χ1v) is 9.90. The first-order chi connectivity index (χ1) is 14.7. The number of pyridine rings is 1. The highest BCUT2D eigenvalue weighted by atomic mass is 15.3. The molecular formula is C25H21N5. The summed E-state index contributed by atoms with van der Waals surface area (Å²) in [6, 6.07) is 26.4. The topological polar surface area (TPSA) is 55.1 Å². The van der Waals surface area contributed by atoms with Crippen LogP contribution in [0.4, 0.5) is 5.69 Å². The molecule has 0 aliphatic carbocycles. The second kappa shape index (κ2) is 7.44. The number of nitrogens with one attached hydrogen (secondary N) is 1. The molecule has 30 heavy (non-hydrogen) atoms. The molecular weight excluding hydrogens is 370 g/mol. The van der Waals surface area contributed by atoms with Gasteiger partial charge in [-0.1, -0.05) is 54.6 Å². The van der Waals surface area contributed by atoms with Gasteiger partial charge in [0.05, 0.1) is 40.0 Å². The first kappa shape index (κ1) is 18.1. The van der Waals surface area contributed by atoms with Crippen molar-refractivity contribution in [1.29, 1.82) is 0 Å². The molecule has 3 aromatic carbocycles. The summed E-state index contributed by atoms with van der Waals surface area (Å²) in [5.74, 6) is 0. The van der Waals surface area contributed by atoms with Crippen LogP contribution in [0, 0.1) is 13.8 Å². The lowest BCUT2D eigenvalue weighted by Gasteiger charge is -2.10. The molecule has 2 aromatic heterocycles. The molecule has 0 amide bonds. The van der Waals surface area contributed by atoms with Crippen molar-refractivity contribution in [3.63, 3.8) is 0 Å². The van der Waals surface area contributed by atoms with Crippen LogP contribution in [0.15, 0.2) is 84.0 Å². The second-order valence-corrected chi connectivity index (χ2v) is 7.22. The number of anilines is 1. The van der Waals surface area contributed by atoms with E-state index in [0.29, 0.717) is 0 Å². The van der Waals surface area contributed by atoms with Gasteiger partial charge in [-0.3, -0.25) is 5.43 Å². The molecule has 0 radical (unpaired) electrons. The molecule has 0 fully saturated rings. The number of para-hydroxylation sites is 3. The molecule has 5 heteroatoms. The molecule has 146 valence electrons. The first-order valence-electron chi connectivity index (χ1n) is 9.90. The van der Waals surface area contributed by atoms with Crippen LogP contribution in [-0.2, 0) is 0 Å². The standard InChI is InChI=1S/C25H21N5/c1-17-22(18(2)30(29-17)19-10-4-3-5-11-19)16-26-28-25-20-12-6-8-14-23(20)27-24-15-9-7-13-21(24)25/h3-16H,1-2H3,(H,27,28)/b26-16+. The third-order valence-corrected chi connectivity index (χ3v) is 5.31. The molecule has 0 atom stereocenters. The van der Waals surface area contributed by atoms with E-state index in [1.807, 2.05) is 84.6 Å². The van der Waals surface area contributed by atoms with E-state index < -0.39 is 0 Å². The average Bonchev–Trinajstić information content (AvgIpc) is 3.07. The average molecular weight is 391 g/mol. The van der Waals surface area contributed by atoms with Crippen molar-refractivity contribution >= 4 is 33.7 Å². The van der Waals surface area contributed by atoms with Gasteiger partial charge < -0.3 is 0 Å². The zero-order valence-corrected chi connectivity index (χ0v) is 16.9. The Labute approximate surface area is 174 Å². The molecule has 1 N–H and O–H groups in total. The predicted octanol–water partition coefficient (Wildman–Crippen LogP) is 5.64. The maximum absolute atomic E-state index is 4.76. The van der Waals surface area contributed by atoms with Gasteiger partial charge in [-0.05, 0) is 38.1 Å². The van der Waals surface area contributed by atoms with Gasteiger partial charge in [0.1, 0.15) is 0 Å². The number of hydrazone groups is 1. The Morgan fingerprint density at radius 1 is 0.800 bits per heavy atom. The number of aromatic nitrogens is 3. The van der Waals surface area contributed by atoms with Crippen LogP contribution in [0.5, 0.6) is 0 Å². The molecule has 5 nitrogen and oxygen atoms in total. The fourth-order valence-corrected chi connectivity index (χ4v) is 3.78. The Morgan fingerprint density at radius 3 is 2.07 bits per heavy atom. The van der Waals surface area contributed by atoms with Crippen molar-refractivity contribution in [2.45, 2.75) is 13.8 Å². The Hall–Kier alpha value is -3.99. The fourth-order valence-electron chi connectivity index (χ4n) is 3.78. The summed E-state index contributed by atoms with van der Waals surface area (Å²) >= 11 is 0. The molecule has 0 unspecified atom stereocenters.